The molecular weight excluding hydrogens is 336 g/mol. The van der Waals surface area contributed by atoms with Gasteiger partial charge in [-0.3, -0.25) is 9.69 Å². The summed E-state index contributed by atoms with van der Waals surface area (Å²) in [5, 5.41) is 2.94. The molecule has 1 atom stereocenters. The molecule has 0 spiro atoms. The Bertz CT molecular complexity index is 749. The Hall–Kier alpha value is -2.18. The van der Waals surface area contributed by atoms with Crippen molar-refractivity contribution in [3.8, 4) is 11.5 Å². The summed E-state index contributed by atoms with van der Waals surface area (Å²) in [4.78, 5) is 15.8. The van der Waals surface area contributed by atoms with Gasteiger partial charge in [-0.1, -0.05) is 12.1 Å². The number of anilines is 1. The number of nitrogens with zero attached hydrogens (tertiary/aromatic N) is 1. The number of hydrogen-bond acceptors (Lipinski definition) is 5. The molecule has 1 heterocycles. The van der Waals surface area contributed by atoms with Crippen LogP contribution in [-0.2, 0) is 11.3 Å². The van der Waals surface area contributed by atoms with Crippen LogP contribution in [0.5, 0.6) is 11.5 Å². The lowest BCUT2D eigenvalue weighted by Crippen LogP contribution is -2.39. The smallest absolute Gasteiger partial charge is 0.241 e. The van der Waals surface area contributed by atoms with Crippen LogP contribution in [-0.4, -0.2) is 36.9 Å². The number of hydrogen-bond donors (Lipinski definition) is 1. The monoisotopic (exact) mass is 358 g/mol. The number of amides is 1. The summed E-state index contributed by atoms with van der Waals surface area (Å²) in [6.45, 7) is 2.84. The fourth-order valence-electron chi connectivity index (χ4n) is 2.58. The van der Waals surface area contributed by atoms with Crippen LogP contribution >= 0.6 is 11.8 Å². The molecule has 1 aliphatic rings. The lowest BCUT2D eigenvalue weighted by molar-refractivity contribution is -0.120. The number of fused-ring (bicyclic) bond motifs is 1. The van der Waals surface area contributed by atoms with Gasteiger partial charge in [-0.05, 0) is 50.1 Å². The zero-order valence-electron chi connectivity index (χ0n) is 14.6. The van der Waals surface area contributed by atoms with Crippen molar-refractivity contribution in [3.63, 3.8) is 0 Å². The van der Waals surface area contributed by atoms with Gasteiger partial charge in [0.1, 0.15) is 0 Å². The van der Waals surface area contributed by atoms with Crippen LogP contribution in [0.1, 0.15) is 12.5 Å². The molecular formula is C19H22N2O3S. The van der Waals surface area contributed by atoms with E-state index in [1.807, 2.05) is 24.9 Å². The maximum atomic E-state index is 12.5. The van der Waals surface area contributed by atoms with Crippen molar-refractivity contribution in [2.75, 3.05) is 25.4 Å². The number of ether oxygens (including phenoxy) is 2. The van der Waals surface area contributed by atoms with E-state index in [1.165, 1.54) is 10.5 Å². The van der Waals surface area contributed by atoms with Crippen molar-refractivity contribution >= 4 is 23.4 Å². The Morgan fingerprint density at radius 2 is 1.92 bits per heavy atom. The molecule has 0 fully saturated rings. The summed E-state index contributed by atoms with van der Waals surface area (Å²) in [5.41, 5.74) is 1.89. The van der Waals surface area contributed by atoms with Crippen molar-refractivity contribution in [3.05, 3.63) is 48.0 Å². The van der Waals surface area contributed by atoms with Gasteiger partial charge in [-0.15, -0.1) is 11.8 Å². The molecule has 1 aliphatic heterocycles. The second-order valence-electron chi connectivity index (χ2n) is 6.00. The second kappa shape index (κ2) is 7.80. The fraction of sp³-hybridized carbons (Fsp3) is 0.316. The first-order valence-electron chi connectivity index (χ1n) is 8.10. The second-order valence-corrected chi connectivity index (χ2v) is 6.88. The van der Waals surface area contributed by atoms with Crippen molar-refractivity contribution in [1.82, 2.24) is 4.90 Å². The van der Waals surface area contributed by atoms with Gasteiger partial charge in [0.2, 0.25) is 12.7 Å². The molecule has 0 unspecified atom stereocenters. The number of rotatable bonds is 6. The van der Waals surface area contributed by atoms with Gasteiger partial charge in [0.15, 0.2) is 11.5 Å². The van der Waals surface area contributed by atoms with E-state index >= 15 is 0 Å². The molecule has 2 aromatic carbocycles. The molecule has 5 nitrogen and oxygen atoms in total. The van der Waals surface area contributed by atoms with Crippen LogP contribution in [0.15, 0.2) is 47.4 Å². The van der Waals surface area contributed by atoms with Crippen LogP contribution in [0.4, 0.5) is 5.69 Å². The van der Waals surface area contributed by atoms with Crippen molar-refractivity contribution < 1.29 is 14.3 Å². The maximum Gasteiger partial charge on any atom is 0.241 e. The standard InChI is InChI=1S/C19H22N2O3S/c1-13(21(2)11-14-4-7-16(25-3)8-5-14)19(22)20-15-6-9-17-18(10-15)24-12-23-17/h4-10,13H,11-12H2,1-3H3,(H,20,22)/t13-/m0/s1. The number of nitrogens with one attached hydrogen (secondary N) is 1. The Labute approximate surface area is 152 Å². The average Bonchev–Trinajstić information content (AvgIpc) is 3.09. The average molecular weight is 358 g/mol. The number of thioether (sulfide) groups is 1. The predicted molar refractivity (Wildman–Crippen MR) is 100 cm³/mol. The van der Waals surface area contributed by atoms with E-state index in [1.54, 1.807) is 23.9 Å². The lowest BCUT2D eigenvalue weighted by Gasteiger charge is -2.24. The highest BCUT2D eigenvalue weighted by molar-refractivity contribution is 7.98. The van der Waals surface area contributed by atoms with Crippen LogP contribution in [0.3, 0.4) is 0 Å². The molecule has 0 bridgehead atoms. The summed E-state index contributed by atoms with van der Waals surface area (Å²) >= 11 is 1.72. The highest BCUT2D eigenvalue weighted by atomic mass is 32.2. The van der Waals surface area contributed by atoms with Crippen molar-refractivity contribution in [2.24, 2.45) is 0 Å². The first-order chi connectivity index (χ1) is 12.1. The molecule has 0 aliphatic carbocycles. The Balaban J connectivity index is 1.59. The van der Waals surface area contributed by atoms with Gasteiger partial charge >= 0.3 is 0 Å². The topological polar surface area (TPSA) is 50.8 Å². The van der Waals surface area contributed by atoms with E-state index < -0.39 is 0 Å². The predicted octanol–water partition coefficient (Wildman–Crippen LogP) is 3.60. The van der Waals surface area contributed by atoms with Gasteiger partial charge < -0.3 is 14.8 Å². The van der Waals surface area contributed by atoms with E-state index in [0.717, 1.165) is 0 Å². The summed E-state index contributed by atoms with van der Waals surface area (Å²) in [7, 11) is 1.95. The van der Waals surface area contributed by atoms with Gasteiger partial charge in [-0.2, -0.15) is 0 Å². The van der Waals surface area contributed by atoms with E-state index in [2.05, 4.69) is 35.8 Å². The van der Waals surface area contributed by atoms with Gasteiger partial charge in [0.25, 0.3) is 0 Å². The lowest BCUT2D eigenvalue weighted by atomic mass is 10.2. The molecule has 0 radical (unpaired) electrons. The van der Waals surface area contributed by atoms with E-state index in [0.29, 0.717) is 23.7 Å². The van der Waals surface area contributed by atoms with Crippen LogP contribution in [0, 0.1) is 0 Å². The molecule has 25 heavy (non-hydrogen) atoms. The van der Waals surface area contributed by atoms with Gasteiger partial charge in [0.05, 0.1) is 6.04 Å². The molecule has 0 saturated heterocycles. The third kappa shape index (κ3) is 4.27. The summed E-state index contributed by atoms with van der Waals surface area (Å²) in [6.07, 6.45) is 2.06. The van der Waals surface area contributed by atoms with Crippen LogP contribution in [0.2, 0.25) is 0 Å². The minimum atomic E-state index is -0.259. The number of benzene rings is 2. The quantitative estimate of drug-likeness (QED) is 0.800. The molecule has 132 valence electrons. The third-order valence-electron chi connectivity index (χ3n) is 4.27. The summed E-state index contributed by atoms with van der Waals surface area (Å²) in [5.74, 6) is 1.31. The summed E-state index contributed by atoms with van der Waals surface area (Å²) in [6, 6.07) is 13.6. The van der Waals surface area contributed by atoms with Crippen LogP contribution in [0.25, 0.3) is 0 Å². The zero-order chi connectivity index (χ0) is 17.8. The molecule has 0 aromatic heterocycles. The number of carbonyl (C=O) groups excluding carboxylic acids is 1. The van der Waals surface area contributed by atoms with E-state index in [-0.39, 0.29) is 18.7 Å². The number of carbonyl (C=O) groups is 1. The molecule has 1 amide bonds. The van der Waals surface area contributed by atoms with Crippen LogP contribution < -0.4 is 14.8 Å². The minimum Gasteiger partial charge on any atom is -0.454 e. The molecule has 2 aromatic rings. The highest BCUT2D eigenvalue weighted by Crippen LogP contribution is 2.34. The Kier molecular flexibility index (Phi) is 5.50. The van der Waals surface area contributed by atoms with Gasteiger partial charge in [-0.25, -0.2) is 0 Å². The third-order valence-corrected chi connectivity index (χ3v) is 5.02. The first-order valence-corrected chi connectivity index (χ1v) is 9.33. The normalized spacial score (nSPS) is 13.8. The van der Waals surface area contributed by atoms with Gasteiger partial charge in [0, 0.05) is 23.2 Å². The first kappa shape index (κ1) is 17.6. The highest BCUT2D eigenvalue weighted by Gasteiger charge is 2.20. The molecule has 3 rings (SSSR count). The fourth-order valence-corrected chi connectivity index (χ4v) is 2.99. The minimum absolute atomic E-state index is 0.0536. The van der Waals surface area contributed by atoms with Crippen molar-refractivity contribution in [1.29, 1.82) is 0 Å². The molecule has 0 saturated carbocycles. The Morgan fingerprint density at radius 1 is 1.20 bits per heavy atom. The van der Waals surface area contributed by atoms with Crippen molar-refractivity contribution in [2.45, 2.75) is 24.4 Å². The maximum absolute atomic E-state index is 12.5. The number of likely N-dealkylation sites (N-methyl/N-ethyl adjacent to an activating group) is 1. The van der Waals surface area contributed by atoms with E-state index in [4.69, 9.17) is 9.47 Å². The largest absolute Gasteiger partial charge is 0.454 e. The SMILES string of the molecule is CSc1ccc(CN(C)[C@@H](C)C(=O)Nc2ccc3c(c2)OCO3)cc1. The molecule has 1 N–H and O–H groups in total. The molecule has 6 heteroatoms. The zero-order valence-corrected chi connectivity index (χ0v) is 15.4. The summed E-state index contributed by atoms with van der Waals surface area (Å²) < 4.78 is 10.6. The Morgan fingerprint density at radius 3 is 2.64 bits per heavy atom. The van der Waals surface area contributed by atoms with E-state index in [9.17, 15) is 4.79 Å².